The molecule has 0 heterocycles. The number of aliphatic hydroxyl groups is 1. The van der Waals surface area contributed by atoms with E-state index in [1.807, 2.05) is 27.2 Å². The number of hydrogen-bond acceptors (Lipinski definition) is 6. The normalized spacial score (nSPS) is 15.1. The molecule has 0 saturated heterocycles. The maximum absolute atomic E-state index is 12.8. The summed E-state index contributed by atoms with van der Waals surface area (Å²) in [6, 6.07) is -0.904. The molecule has 57 heavy (non-hydrogen) atoms. The Bertz CT molecular complexity index is 1200. The lowest BCUT2D eigenvalue weighted by Crippen LogP contribution is -2.45. The summed E-state index contributed by atoms with van der Waals surface area (Å²) in [7, 11) is 1.23. The number of hydrogen-bond donors (Lipinski definition) is 2. The van der Waals surface area contributed by atoms with Gasteiger partial charge < -0.3 is 28.8 Å². The predicted octanol–water partition coefficient (Wildman–Crippen LogP) is 11.9. The van der Waals surface area contributed by atoms with Crippen molar-refractivity contribution in [3.05, 3.63) is 85.1 Å². The Morgan fingerprint density at radius 2 is 1.07 bits per heavy atom. The van der Waals surface area contributed by atoms with Crippen LogP contribution in [0.15, 0.2) is 85.1 Å². The van der Waals surface area contributed by atoms with Crippen LogP contribution in [-0.4, -0.2) is 68.5 Å². The van der Waals surface area contributed by atoms with E-state index in [9.17, 15) is 19.4 Å². The molecule has 0 aliphatic carbocycles. The second kappa shape index (κ2) is 39.2. The minimum Gasteiger partial charge on any atom is -0.756 e. The molecule has 2 N–H and O–H groups in total. The summed E-state index contributed by atoms with van der Waals surface area (Å²) in [5.74, 6) is -0.227. The van der Waals surface area contributed by atoms with Crippen molar-refractivity contribution in [3.8, 4) is 0 Å². The van der Waals surface area contributed by atoms with Crippen LogP contribution in [-0.2, 0) is 18.4 Å². The van der Waals surface area contributed by atoms with Gasteiger partial charge in [-0.1, -0.05) is 170 Å². The van der Waals surface area contributed by atoms with Crippen LogP contribution in [0.4, 0.5) is 0 Å². The van der Waals surface area contributed by atoms with Crippen LogP contribution in [0.2, 0.25) is 0 Å². The Balaban J connectivity index is 4.44. The molecule has 3 unspecified atom stereocenters. The Hall–Kier alpha value is -2.32. The molecule has 0 rings (SSSR count). The molecule has 328 valence electrons. The van der Waals surface area contributed by atoms with Crippen molar-refractivity contribution in [2.75, 3.05) is 40.9 Å². The van der Waals surface area contributed by atoms with Crippen molar-refractivity contribution in [2.24, 2.45) is 0 Å². The highest BCUT2D eigenvalue weighted by molar-refractivity contribution is 7.45. The Kier molecular flexibility index (Phi) is 37.6. The maximum atomic E-state index is 12.8. The first-order valence-electron chi connectivity index (χ1n) is 22.4. The number of phosphoric acid groups is 1. The molecule has 0 radical (unpaired) electrons. The highest BCUT2D eigenvalue weighted by atomic mass is 31.2. The molecule has 0 aliphatic rings. The van der Waals surface area contributed by atoms with Gasteiger partial charge in [0.05, 0.1) is 39.9 Å². The fourth-order valence-corrected chi connectivity index (χ4v) is 6.52. The van der Waals surface area contributed by atoms with E-state index in [4.69, 9.17) is 9.05 Å². The van der Waals surface area contributed by atoms with Crippen LogP contribution in [0.25, 0.3) is 0 Å². The van der Waals surface area contributed by atoms with Crippen LogP contribution in [0.5, 0.6) is 0 Å². The molecular weight excluding hydrogens is 732 g/mol. The SMILES string of the molecule is CC/C=C\C/C=C\C/C=C\C/C=C\C/C=C\C/C=C\CCCCCCC(=O)NC(COP(=O)([O-])OCC[N+](C)(C)C)C(O)/C=C/CCCCCCCCCCCC. The van der Waals surface area contributed by atoms with Crippen LogP contribution < -0.4 is 10.2 Å². The quantitative estimate of drug-likeness (QED) is 0.0277. The van der Waals surface area contributed by atoms with E-state index in [1.54, 1.807) is 6.08 Å². The van der Waals surface area contributed by atoms with Gasteiger partial charge in [-0.05, 0) is 70.6 Å². The van der Waals surface area contributed by atoms with E-state index in [0.29, 0.717) is 17.4 Å². The number of amides is 1. The summed E-state index contributed by atoms with van der Waals surface area (Å²) < 4.78 is 23.2. The third-order valence-corrected chi connectivity index (χ3v) is 10.3. The van der Waals surface area contributed by atoms with Gasteiger partial charge in [-0.25, -0.2) is 0 Å². The molecule has 0 aromatic rings. The zero-order chi connectivity index (χ0) is 42.1. The van der Waals surface area contributed by atoms with Crippen LogP contribution in [0, 0.1) is 0 Å². The lowest BCUT2D eigenvalue weighted by Gasteiger charge is -2.29. The van der Waals surface area contributed by atoms with Crippen LogP contribution >= 0.6 is 7.82 Å². The molecule has 1 amide bonds. The second-order valence-corrected chi connectivity index (χ2v) is 17.4. The molecular formula is C48H85N2O6P. The topological polar surface area (TPSA) is 108 Å². The summed E-state index contributed by atoms with van der Waals surface area (Å²) in [6.07, 6.45) is 53.4. The van der Waals surface area contributed by atoms with Crippen molar-refractivity contribution >= 4 is 13.7 Å². The summed E-state index contributed by atoms with van der Waals surface area (Å²) >= 11 is 0. The maximum Gasteiger partial charge on any atom is 0.268 e. The summed E-state index contributed by atoms with van der Waals surface area (Å²) in [5.41, 5.74) is 0. The molecule has 3 atom stereocenters. The molecule has 8 nitrogen and oxygen atoms in total. The number of phosphoric ester groups is 1. The Labute approximate surface area is 350 Å². The third kappa shape index (κ3) is 41.6. The number of nitrogens with zero attached hydrogens (tertiary/aromatic N) is 1. The monoisotopic (exact) mass is 817 g/mol. The number of quaternary nitrogens is 1. The van der Waals surface area contributed by atoms with Crippen LogP contribution in [0.3, 0.4) is 0 Å². The molecule has 0 spiro atoms. The van der Waals surface area contributed by atoms with E-state index in [-0.39, 0.29) is 12.5 Å². The van der Waals surface area contributed by atoms with Gasteiger partial charge in [0.15, 0.2) is 0 Å². The minimum absolute atomic E-state index is 0.0112. The van der Waals surface area contributed by atoms with Crippen molar-refractivity contribution in [1.82, 2.24) is 5.32 Å². The molecule has 9 heteroatoms. The van der Waals surface area contributed by atoms with Gasteiger partial charge in [-0.3, -0.25) is 9.36 Å². The van der Waals surface area contributed by atoms with Gasteiger partial charge in [0.25, 0.3) is 7.82 Å². The molecule has 0 saturated carbocycles. The van der Waals surface area contributed by atoms with E-state index in [0.717, 1.165) is 89.9 Å². The van der Waals surface area contributed by atoms with Gasteiger partial charge in [-0.15, -0.1) is 0 Å². The van der Waals surface area contributed by atoms with Gasteiger partial charge in [0.2, 0.25) is 5.91 Å². The fourth-order valence-electron chi connectivity index (χ4n) is 5.80. The van der Waals surface area contributed by atoms with E-state index < -0.39 is 26.6 Å². The Morgan fingerprint density at radius 1 is 0.632 bits per heavy atom. The van der Waals surface area contributed by atoms with E-state index in [1.165, 1.54) is 51.4 Å². The average molecular weight is 817 g/mol. The molecule has 0 aliphatic heterocycles. The minimum atomic E-state index is -4.60. The number of carbonyl (C=O) groups is 1. The number of carbonyl (C=O) groups excluding carboxylic acids is 1. The molecule has 0 fully saturated rings. The number of likely N-dealkylation sites (N-methyl/N-ethyl adjacent to an activating group) is 1. The fraction of sp³-hybridized carbons (Fsp3) is 0.688. The van der Waals surface area contributed by atoms with Crippen molar-refractivity contribution in [3.63, 3.8) is 0 Å². The number of allylic oxidation sites excluding steroid dienone is 13. The number of aliphatic hydroxyl groups excluding tert-OH is 1. The smallest absolute Gasteiger partial charge is 0.268 e. The van der Waals surface area contributed by atoms with Gasteiger partial charge in [-0.2, -0.15) is 0 Å². The van der Waals surface area contributed by atoms with Crippen molar-refractivity contribution < 1.29 is 32.9 Å². The zero-order valence-electron chi connectivity index (χ0n) is 37.0. The first-order chi connectivity index (χ1) is 27.5. The standard InChI is InChI=1S/C48H85N2O6P/c1-6-8-10-12-14-16-18-20-21-22-23-24-25-26-27-28-29-30-32-34-36-38-40-42-48(52)49-46(45-56-57(53,54)55-44-43-50(3,4)5)47(51)41-39-37-35-33-31-19-17-15-13-11-9-7-2/h8,10,14,16,20-21,23-24,26-27,29-30,39,41,46-47,51H,6-7,9,11-13,15,17-19,22,25,28,31-38,40,42-45H2,1-5H3,(H-,49,52,53,54)/b10-8-,16-14-,21-20-,24-23-,27-26-,30-29-,41-39+. The summed E-state index contributed by atoms with van der Waals surface area (Å²) in [4.78, 5) is 25.3. The second-order valence-electron chi connectivity index (χ2n) is 16.0. The highest BCUT2D eigenvalue weighted by Crippen LogP contribution is 2.38. The van der Waals surface area contributed by atoms with Crippen LogP contribution in [0.1, 0.15) is 162 Å². The average Bonchev–Trinajstić information content (AvgIpc) is 3.16. The number of nitrogens with one attached hydrogen (secondary N) is 1. The number of rotatable bonds is 39. The van der Waals surface area contributed by atoms with E-state index in [2.05, 4.69) is 92.1 Å². The first-order valence-corrected chi connectivity index (χ1v) is 23.9. The Morgan fingerprint density at radius 3 is 1.56 bits per heavy atom. The lowest BCUT2D eigenvalue weighted by atomic mass is 10.1. The largest absolute Gasteiger partial charge is 0.756 e. The van der Waals surface area contributed by atoms with Gasteiger partial charge >= 0.3 is 0 Å². The first kappa shape index (κ1) is 54.7. The third-order valence-electron chi connectivity index (χ3n) is 9.36. The highest BCUT2D eigenvalue weighted by Gasteiger charge is 2.23. The molecule has 0 aromatic carbocycles. The van der Waals surface area contributed by atoms with Gasteiger partial charge in [0, 0.05) is 6.42 Å². The summed E-state index contributed by atoms with van der Waals surface area (Å²) in [6.45, 7) is 4.47. The van der Waals surface area contributed by atoms with E-state index >= 15 is 0 Å². The van der Waals surface area contributed by atoms with Crippen molar-refractivity contribution in [2.45, 2.75) is 174 Å². The van der Waals surface area contributed by atoms with Crippen molar-refractivity contribution in [1.29, 1.82) is 0 Å². The predicted molar refractivity (Wildman–Crippen MR) is 242 cm³/mol. The molecule has 0 aromatic heterocycles. The van der Waals surface area contributed by atoms with Gasteiger partial charge in [0.1, 0.15) is 13.2 Å². The lowest BCUT2D eigenvalue weighted by molar-refractivity contribution is -0.870. The molecule has 0 bridgehead atoms. The summed E-state index contributed by atoms with van der Waals surface area (Å²) in [5, 5.41) is 13.7. The zero-order valence-corrected chi connectivity index (χ0v) is 37.9. The number of unbranched alkanes of at least 4 members (excludes halogenated alkanes) is 14.